The highest BCUT2D eigenvalue weighted by Crippen LogP contribution is 2.29. The SMILES string of the molecule is CCCNCc1cc(F)ccc1N1CCN(C2CC2)CC1. The van der Waals surface area contributed by atoms with Gasteiger partial charge in [-0.25, -0.2) is 4.39 Å². The van der Waals surface area contributed by atoms with Crippen molar-refractivity contribution in [2.75, 3.05) is 37.6 Å². The molecule has 1 aliphatic carbocycles. The number of halogens is 1. The minimum absolute atomic E-state index is 0.135. The van der Waals surface area contributed by atoms with Crippen molar-refractivity contribution in [2.45, 2.75) is 38.8 Å². The van der Waals surface area contributed by atoms with Crippen molar-refractivity contribution in [2.24, 2.45) is 0 Å². The first-order valence-electron chi connectivity index (χ1n) is 8.26. The van der Waals surface area contributed by atoms with E-state index in [0.29, 0.717) is 0 Å². The Bertz CT molecular complexity index is 465. The Morgan fingerprint density at radius 1 is 1.19 bits per heavy atom. The molecule has 0 aromatic heterocycles. The van der Waals surface area contributed by atoms with E-state index in [9.17, 15) is 4.39 Å². The highest BCUT2D eigenvalue weighted by molar-refractivity contribution is 5.54. The van der Waals surface area contributed by atoms with Crippen LogP contribution in [0.5, 0.6) is 0 Å². The van der Waals surface area contributed by atoms with Crippen molar-refractivity contribution in [3.8, 4) is 0 Å². The first-order valence-corrected chi connectivity index (χ1v) is 8.26. The summed E-state index contributed by atoms with van der Waals surface area (Å²) in [7, 11) is 0. The Morgan fingerprint density at radius 3 is 2.62 bits per heavy atom. The zero-order chi connectivity index (χ0) is 14.7. The molecule has 2 fully saturated rings. The second-order valence-electron chi connectivity index (χ2n) is 6.20. The van der Waals surface area contributed by atoms with Gasteiger partial charge in [0.1, 0.15) is 5.82 Å². The van der Waals surface area contributed by atoms with Gasteiger partial charge in [-0.05, 0) is 49.6 Å². The second kappa shape index (κ2) is 6.75. The molecule has 0 unspecified atom stereocenters. The lowest BCUT2D eigenvalue weighted by Gasteiger charge is -2.37. The van der Waals surface area contributed by atoms with Crippen LogP contribution >= 0.6 is 0 Å². The maximum Gasteiger partial charge on any atom is 0.123 e. The monoisotopic (exact) mass is 291 g/mol. The van der Waals surface area contributed by atoms with E-state index in [2.05, 4.69) is 22.0 Å². The van der Waals surface area contributed by atoms with Crippen molar-refractivity contribution < 1.29 is 4.39 Å². The van der Waals surface area contributed by atoms with Gasteiger partial charge in [0.15, 0.2) is 0 Å². The highest BCUT2D eigenvalue weighted by atomic mass is 19.1. The van der Waals surface area contributed by atoms with E-state index in [1.165, 1.54) is 18.5 Å². The fourth-order valence-corrected chi connectivity index (χ4v) is 3.17. The Balaban J connectivity index is 1.65. The molecule has 1 heterocycles. The molecule has 1 aromatic carbocycles. The molecule has 2 aliphatic rings. The Kier molecular flexibility index (Phi) is 4.76. The summed E-state index contributed by atoms with van der Waals surface area (Å²) in [6.07, 6.45) is 3.86. The molecule has 1 N–H and O–H groups in total. The van der Waals surface area contributed by atoms with Crippen molar-refractivity contribution in [1.29, 1.82) is 0 Å². The number of nitrogens with zero attached hydrogens (tertiary/aromatic N) is 2. The zero-order valence-corrected chi connectivity index (χ0v) is 12.9. The van der Waals surface area contributed by atoms with Crippen LogP contribution in [0.4, 0.5) is 10.1 Å². The molecule has 3 nitrogen and oxygen atoms in total. The van der Waals surface area contributed by atoms with Gasteiger partial charge in [0.2, 0.25) is 0 Å². The number of hydrogen-bond acceptors (Lipinski definition) is 3. The predicted molar refractivity (Wildman–Crippen MR) is 85.2 cm³/mol. The standard InChI is InChI=1S/C17H26FN3/c1-2-7-19-13-14-12-15(18)3-6-17(14)21-10-8-20(9-11-21)16-4-5-16/h3,6,12,16,19H,2,4-5,7-11,13H2,1H3. The van der Waals surface area contributed by atoms with Crippen LogP contribution in [0.1, 0.15) is 31.7 Å². The lowest BCUT2D eigenvalue weighted by Crippen LogP contribution is -2.47. The average Bonchev–Trinajstić information content (AvgIpc) is 3.33. The Morgan fingerprint density at radius 2 is 1.95 bits per heavy atom. The zero-order valence-electron chi connectivity index (χ0n) is 12.9. The van der Waals surface area contributed by atoms with Crippen LogP contribution in [0.15, 0.2) is 18.2 Å². The quantitative estimate of drug-likeness (QED) is 0.813. The third kappa shape index (κ3) is 3.74. The summed E-state index contributed by atoms with van der Waals surface area (Å²) in [5.41, 5.74) is 2.29. The maximum absolute atomic E-state index is 13.5. The van der Waals surface area contributed by atoms with Crippen LogP contribution in [-0.4, -0.2) is 43.7 Å². The molecule has 0 amide bonds. The third-order valence-electron chi connectivity index (χ3n) is 4.50. The summed E-state index contributed by atoms with van der Waals surface area (Å²) < 4.78 is 13.5. The van der Waals surface area contributed by atoms with E-state index < -0.39 is 0 Å². The lowest BCUT2D eigenvalue weighted by atomic mass is 10.1. The molecule has 1 saturated carbocycles. The summed E-state index contributed by atoms with van der Waals surface area (Å²) in [5, 5.41) is 3.39. The van der Waals surface area contributed by atoms with Crippen molar-refractivity contribution in [3.63, 3.8) is 0 Å². The number of piperazine rings is 1. The summed E-state index contributed by atoms with van der Waals surface area (Å²) >= 11 is 0. The Labute approximate surface area is 127 Å². The molecule has 1 aliphatic heterocycles. The highest BCUT2D eigenvalue weighted by Gasteiger charge is 2.31. The molecule has 0 radical (unpaired) electrons. The normalized spacial score (nSPS) is 20.0. The van der Waals surface area contributed by atoms with Gasteiger partial charge >= 0.3 is 0 Å². The first-order chi connectivity index (χ1) is 10.3. The summed E-state index contributed by atoms with van der Waals surface area (Å²) in [5.74, 6) is -0.135. The van der Waals surface area contributed by atoms with E-state index in [4.69, 9.17) is 0 Å². The first kappa shape index (κ1) is 14.8. The molecule has 3 rings (SSSR count). The summed E-state index contributed by atoms with van der Waals surface area (Å²) in [4.78, 5) is 5.02. The number of rotatable bonds is 6. The van der Waals surface area contributed by atoms with Gasteiger partial charge in [-0.3, -0.25) is 4.90 Å². The Hall–Kier alpha value is -1.13. The average molecular weight is 291 g/mol. The van der Waals surface area contributed by atoms with Crippen molar-refractivity contribution in [3.05, 3.63) is 29.6 Å². The van der Waals surface area contributed by atoms with Crippen LogP contribution in [0, 0.1) is 5.82 Å². The molecule has 1 saturated heterocycles. The number of nitrogens with one attached hydrogen (secondary N) is 1. The molecule has 116 valence electrons. The molecule has 1 aromatic rings. The number of anilines is 1. The molecule has 0 spiro atoms. The molecule has 4 heteroatoms. The van der Waals surface area contributed by atoms with Gasteiger partial charge in [0.05, 0.1) is 0 Å². The van der Waals surface area contributed by atoms with Crippen LogP contribution in [0.3, 0.4) is 0 Å². The molecule has 21 heavy (non-hydrogen) atoms. The van der Waals surface area contributed by atoms with E-state index in [-0.39, 0.29) is 5.82 Å². The van der Waals surface area contributed by atoms with Gasteiger partial charge in [-0.1, -0.05) is 6.92 Å². The van der Waals surface area contributed by atoms with E-state index in [1.807, 2.05) is 6.07 Å². The largest absolute Gasteiger partial charge is 0.369 e. The third-order valence-corrected chi connectivity index (χ3v) is 4.50. The maximum atomic E-state index is 13.5. The fourth-order valence-electron chi connectivity index (χ4n) is 3.17. The smallest absolute Gasteiger partial charge is 0.123 e. The second-order valence-corrected chi connectivity index (χ2v) is 6.20. The molecule has 0 bridgehead atoms. The van der Waals surface area contributed by atoms with Crippen LogP contribution in [0.25, 0.3) is 0 Å². The minimum atomic E-state index is -0.135. The van der Waals surface area contributed by atoms with Gasteiger partial charge in [-0.15, -0.1) is 0 Å². The van der Waals surface area contributed by atoms with Crippen LogP contribution in [-0.2, 0) is 6.54 Å². The summed E-state index contributed by atoms with van der Waals surface area (Å²) in [6, 6.07) is 6.08. The van der Waals surface area contributed by atoms with E-state index >= 15 is 0 Å². The fraction of sp³-hybridized carbons (Fsp3) is 0.647. The number of benzene rings is 1. The lowest BCUT2D eigenvalue weighted by molar-refractivity contribution is 0.248. The molecular formula is C17H26FN3. The van der Waals surface area contributed by atoms with E-state index in [0.717, 1.165) is 57.3 Å². The van der Waals surface area contributed by atoms with Gasteiger partial charge in [0.25, 0.3) is 0 Å². The van der Waals surface area contributed by atoms with Gasteiger partial charge < -0.3 is 10.2 Å². The topological polar surface area (TPSA) is 18.5 Å². The van der Waals surface area contributed by atoms with Crippen molar-refractivity contribution in [1.82, 2.24) is 10.2 Å². The summed E-state index contributed by atoms with van der Waals surface area (Å²) in [6.45, 7) is 8.28. The van der Waals surface area contributed by atoms with Gasteiger partial charge in [0, 0.05) is 44.5 Å². The predicted octanol–water partition coefficient (Wildman–Crippen LogP) is 2.61. The molecule has 0 atom stereocenters. The van der Waals surface area contributed by atoms with Crippen LogP contribution in [0.2, 0.25) is 0 Å². The van der Waals surface area contributed by atoms with Crippen LogP contribution < -0.4 is 10.2 Å². The van der Waals surface area contributed by atoms with E-state index in [1.54, 1.807) is 12.1 Å². The van der Waals surface area contributed by atoms with Gasteiger partial charge in [-0.2, -0.15) is 0 Å². The molecular weight excluding hydrogens is 265 g/mol. The van der Waals surface area contributed by atoms with Crippen molar-refractivity contribution >= 4 is 5.69 Å². The number of hydrogen-bond donors (Lipinski definition) is 1. The minimum Gasteiger partial charge on any atom is -0.369 e.